The number of ether oxygens (including phenoxy) is 2. The van der Waals surface area contributed by atoms with Crippen LogP contribution in [0.5, 0.6) is 5.75 Å². The number of thiocarbonyl (C=S) groups is 1. The minimum atomic E-state index is 0.230. The van der Waals surface area contributed by atoms with E-state index in [0.29, 0.717) is 5.11 Å². The van der Waals surface area contributed by atoms with Crippen LogP contribution in [0.1, 0.15) is 29.5 Å². The third-order valence-electron chi connectivity index (χ3n) is 4.96. The number of nitrogens with one attached hydrogen (secondary N) is 1. The average Bonchev–Trinajstić information content (AvgIpc) is 3.17. The Hall–Kier alpha value is -2.11. The summed E-state index contributed by atoms with van der Waals surface area (Å²) in [5.74, 6) is 0.797. The Labute approximate surface area is 167 Å². The smallest absolute Gasteiger partial charge is 0.173 e. The topological polar surface area (TPSA) is 33.7 Å². The lowest BCUT2D eigenvalue weighted by atomic mass is 10.1. The third-order valence-corrected chi connectivity index (χ3v) is 5.32. The van der Waals surface area contributed by atoms with E-state index >= 15 is 0 Å². The molecule has 144 valence electrons. The first-order valence-corrected chi connectivity index (χ1v) is 9.84. The number of nitrogens with zero attached hydrogens (tertiary/aromatic N) is 1. The predicted molar refractivity (Wildman–Crippen MR) is 115 cm³/mol. The lowest BCUT2D eigenvalue weighted by Crippen LogP contribution is -2.39. The van der Waals surface area contributed by atoms with E-state index in [1.165, 1.54) is 11.1 Å². The van der Waals surface area contributed by atoms with Gasteiger partial charge in [0.15, 0.2) is 5.11 Å². The van der Waals surface area contributed by atoms with Crippen LogP contribution in [0.4, 0.5) is 5.69 Å². The molecule has 1 aliphatic rings. The predicted octanol–water partition coefficient (Wildman–Crippen LogP) is 4.69. The molecule has 3 rings (SSSR count). The third kappa shape index (κ3) is 5.21. The maximum absolute atomic E-state index is 5.86. The molecule has 1 heterocycles. The van der Waals surface area contributed by atoms with Crippen molar-refractivity contribution >= 4 is 23.0 Å². The summed E-state index contributed by atoms with van der Waals surface area (Å²) in [6, 6.07) is 14.5. The van der Waals surface area contributed by atoms with Crippen LogP contribution in [0.2, 0.25) is 0 Å². The summed E-state index contributed by atoms with van der Waals surface area (Å²) in [6.07, 6.45) is 2.43. The zero-order valence-electron chi connectivity index (χ0n) is 16.3. The molecule has 0 amide bonds. The second-order valence-electron chi connectivity index (χ2n) is 7.08. The van der Waals surface area contributed by atoms with Gasteiger partial charge in [-0.2, -0.15) is 0 Å². The fourth-order valence-corrected chi connectivity index (χ4v) is 3.59. The van der Waals surface area contributed by atoms with E-state index in [9.17, 15) is 0 Å². The van der Waals surface area contributed by atoms with Crippen LogP contribution in [-0.2, 0) is 11.3 Å². The largest absolute Gasteiger partial charge is 0.495 e. The number of aryl methyl sites for hydroxylation is 2. The first-order valence-electron chi connectivity index (χ1n) is 9.43. The number of rotatable bonds is 6. The maximum atomic E-state index is 5.86. The van der Waals surface area contributed by atoms with Crippen molar-refractivity contribution in [2.45, 2.75) is 39.3 Å². The van der Waals surface area contributed by atoms with Gasteiger partial charge in [-0.3, -0.25) is 0 Å². The Morgan fingerprint density at radius 1 is 1.26 bits per heavy atom. The summed E-state index contributed by atoms with van der Waals surface area (Å²) in [7, 11) is 1.68. The van der Waals surface area contributed by atoms with Crippen LogP contribution in [0.15, 0.2) is 42.5 Å². The zero-order valence-corrected chi connectivity index (χ0v) is 17.1. The van der Waals surface area contributed by atoms with Gasteiger partial charge in [0, 0.05) is 19.7 Å². The Morgan fingerprint density at radius 3 is 2.78 bits per heavy atom. The van der Waals surface area contributed by atoms with Crippen LogP contribution >= 0.6 is 12.2 Å². The SMILES string of the molecule is COc1cc(C)ccc1NC(=S)N(Cc1ccccc1C)CC1CCCO1. The molecule has 27 heavy (non-hydrogen) atoms. The van der Waals surface area contributed by atoms with Gasteiger partial charge in [0.05, 0.1) is 18.9 Å². The minimum absolute atomic E-state index is 0.230. The molecule has 0 bridgehead atoms. The van der Waals surface area contributed by atoms with Crippen LogP contribution in [0.25, 0.3) is 0 Å². The van der Waals surface area contributed by atoms with E-state index < -0.39 is 0 Å². The van der Waals surface area contributed by atoms with Gasteiger partial charge >= 0.3 is 0 Å². The zero-order chi connectivity index (χ0) is 19.2. The minimum Gasteiger partial charge on any atom is -0.495 e. The molecule has 0 aromatic heterocycles. The lowest BCUT2D eigenvalue weighted by Gasteiger charge is -2.29. The van der Waals surface area contributed by atoms with Crippen molar-refractivity contribution in [1.29, 1.82) is 0 Å². The number of benzene rings is 2. The first-order chi connectivity index (χ1) is 13.1. The summed E-state index contributed by atoms with van der Waals surface area (Å²) in [5.41, 5.74) is 4.58. The van der Waals surface area contributed by atoms with E-state index in [-0.39, 0.29) is 6.10 Å². The van der Waals surface area contributed by atoms with Crippen molar-refractivity contribution < 1.29 is 9.47 Å². The fraction of sp³-hybridized carbons (Fsp3) is 0.409. The second kappa shape index (κ2) is 9.20. The summed E-state index contributed by atoms with van der Waals surface area (Å²) in [4.78, 5) is 2.20. The van der Waals surface area contributed by atoms with Gasteiger partial charge in [-0.05, 0) is 67.7 Å². The summed E-state index contributed by atoms with van der Waals surface area (Å²) in [6.45, 7) is 6.57. The Morgan fingerprint density at radius 2 is 2.07 bits per heavy atom. The fourth-order valence-electron chi connectivity index (χ4n) is 3.34. The molecule has 0 spiro atoms. The van der Waals surface area contributed by atoms with Gasteiger partial charge in [0.2, 0.25) is 0 Å². The van der Waals surface area contributed by atoms with E-state index in [0.717, 1.165) is 49.5 Å². The van der Waals surface area contributed by atoms with Crippen molar-refractivity contribution in [3.05, 3.63) is 59.2 Å². The highest BCUT2D eigenvalue weighted by atomic mass is 32.1. The molecule has 1 saturated heterocycles. The maximum Gasteiger partial charge on any atom is 0.173 e. The van der Waals surface area contributed by atoms with E-state index in [1.807, 2.05) is 19.1 Å². The standard InChI is InChI=1S/C22H28N2O2S/c1-16-10-11-20(21(13-16)25-3)23-22(27)24(15-19-9-6-12-26-19)14-18-8-5-4-7-17(18)2/h4-5,7-8,10-11,13,19H,6,9,12,14-15H2,1-3H3,(H,23,27). The second-order valence-corrected chi connectivity index (χ2v) is 7.46. The molecule has 1 atom stereocenters. The summed E-state index contributed by atoms with van der Waals surface area (Å²) < 4.78 is 11.4. The van der Waals surface area contributed by atoms with Gasteiger partial charge < -0.3 is 19.7 Å². The molecule has 0 radical (unpaired) electrons. The van der Waals surface area contributed by atoms with Gasteiger partial charge in [-0.15, -0.1) is 0 Å². The van der Waals surface area contributed by atoms with E-state index in [1.54, 1.807) is 7.11 Å². The highest BCUT2D eigenvalue weighted by molar-refractivity contribution is 7.80. The van der Waals surface area contributed by atoms with Crippen molar-refractivity contribution in [3.8, 4) is 5.75 Å². The molecule has 0 saturated carbocycles. The van der Waals surface area contributed by atoms with E-state index in [2.05, 4.69) is 47.5 Å². The number of anilines is 1. The number of hydrogen-bond acceptors (Lipinski definition) is 3. The highest BCUT2D eigenvalue weighted by Crippen LogP contribution is 2.26. The van der Waals surface area contributed by atoms with Crippen molar-refractivity contribution in [1.82, 2.24) is 4.90 Å². The molecule has 4 nitrogen and oxygen atoms in total. The molecule has 1 N–H and O–H groups in total. The van der Waals surface area contributed by atoms with Gasteiger partial charge in [-0.1, -0.05) is 30.3 Å². The van der Waals surface area contributed by atoms with Crippen LogP contribution < -0.4 is 10.1 Å². The van der Waals surface area contributed by atoms with Crippen molar-refractivity contribution in [2.24, 2.45) is 0 Å². The normalized spacial score (nSPS) is 16.2. The molecule has 1 fully saturated rings. The Kier molecular flexibility index (Phi) is 6.69. The number of methoxy groups -OCH3 is 1. The molecule has 0 aliphatic carbocycles. The first kappa shape index (κ1) is 19.6. The monoisotopic (exact) mass is 384 g/mol. The molecule has 1 unspecified atom stereocenters. The molecule has 2 aromatic carbocycles. The average molecular weight is 385 g/mol. The molecule has 1 aliphatic heterocycles. The van der Waals surface area contributed by atoms with Crippen molar-refractivity contribution in [2.75, 3.05) is 25.6 Å². The van der Waals surface area contributed by atoms with Crippen LogP contribution in [0.3, 0.4) is 0 Å². The lowest BCUT2D eigenvalue weighted by molar-refractivity contribution is 0.0905. The van der Waals surface area contributed by atoms with Crippen LogP contribution in [0, 0.1) is 13.8 Å². The van der Waals surface area contributed by atoms with Gasteiger partial charge in [0.1, 0.15) is 5.75 Å². The number of hydrogen-bond donors (Lipinski definition) is 1. The Bertz CT molecular complexity index is 788. The molecule has 5 heteroatoms. The van der Waals surface area contributed by atoms with Gasteiger partial charge in [0.25, 0.3) is 0 Å². The van der Waals surface area contributed by atoms with E-state index in [4.69, 9.17) is 21.7 Å². The van der Waals surface area contributed by atoms with Crippen LogP contribution in [-0.4, -0.2) is 36.4 Å². The quantitative estimate of drug-likeness (QED) is 0.731. The molecule has 2 aromatic rings. The highest BCUT2D eigenvalue weighted by Gasteiger charge is 2.22. The summed E-state index contributed by atoms with van der Waals surface area (Å²) >= 11 is 5.78. The van der Waals surface area contributed by atoms with Crippen molar-refractivity contribution in [3.63, 3.8) is 0 Å². The molecular weight excluding hydrogens is 356 g/mol. The molecular formula is C22H28N2O2S. The van der Waals surface area contributed by atoms with Gasteiger partial charge in [-0.25, -0.2) is 0 Å². The Balaban J connectivity index is 1.78. The summed E-state index contributed by atoms with van der Waals surface area (Å²) in [5, 5.41) is 4.07.